The second kappa shape index (κ2) is 19.1. The molecule has 1 aliphatic heterocycles. The Balaban J connectivity index is 1.30. The van der Waals surface area contributed by atoms with Crippen molar-refractivity contribution in [2.45, 2.75) is 92.1 Å². The quantitative estimate of drug-likeness (QED) is 0.104. The third-order valence-electron chi connectivity index (χ3n) is 10.1. The Hall–Kier alpha value is -4.13. The fourth-order valence-electron chi connectivity index (χ4n) is 6.75. The summed E-state index contributed by atoms with van der Waals surface area (Å²) < 4.78 is 19.1. The maximum atomic E-state index is 9.58. The smallest absolute Gasteiger partial charge is 0.142 e. The standard InChI is InChI=1S/C43H53ClN4O4/c1-29(2)40(26-49)47-16-10-18-50-41-15-9-14-38(32(41)5)37-13-8-12-35(31(37)4)28-52-43-21-42(51-27-34-19-33(22-45)23-46-24-34)36(20-39(43)44)25-48-17-7-6-11-30(48)3/h8-9,12-15,19-21,23-24,29-30,40,47,49H,6-7,10-11,16-18,25-28H2,1-5H3/t30-,40+/m1/s1. The van der Waals surface area contributed by atoms with Crippen LogP contribution < -0.4 is 19.5 Å². The van der Waals surface area contributed by atoms with E-state index in [0.717, 1.165) is 70.7 Å². The molecule has 1 aromatic heterocycles. The predicted octanol–water partition coefficient (Wildman–Crippen LogP) is 8.80. The maximum Gasteiger partial charge on any atom is 0.142 e. The molecule has 0 amide bonds. The number of nitrogens with one attached hydrogen (secondary N) is 1. The lowest BCUT2D eigenvalue weighted by atomic mass is 9.93. The molecule has 5 rings (SSSR count). The normalized spacial score (nSPS) is 15.3. The molecule has 0 aliphatic carbocycles. The van der Waals surface area contributed by atoms with Crippen LogP contribution in [0.1, 0.15) is 79.8 Å². The van der Waals surface area contributed by atoms with Crippen LogP contribution in [0, 0.1) is 31.1 Å². The zero-order valence-electron chi connectivity index (χ0n) is 31.3. The molecule has 3 aromatic carbocycles. The molecule has 52 heavy (non-hydrogen) atoms. The number of rotatable bonds is 17. The average molecular weight is 725 g/mol. The summed E-state index contributed by atoms with van der Waals surface area (Å²) in [4.78, 5) is 6.68. The highest BCUT2D eigenvalue weighted by molar-refractivity contribution is 6.32. The topological polar surface area (TPSA) is 99.9 Å². The molecule has 0 bridgehead atoms. The SMILES string of the molecule is Cc1c(COc2cc(OCc3cncc(C#N)c3)c(CN3CCCC[C@H]3C)cc2Cl)cccc1-c1cccc(OCCCN[C@@H](CO)C(C)C)c1C. The highest BCUT2D eigenvalue weighted by Gasteiger charge is 2.22. The zero-order valence-corrected chi connectivity index (χ0v) is 32.0. The van der Waals surface area contributed by atoms with Gasteiger partial charge in [-0.3, -0.25) is 9.88 Å². The van der Waals surface area contributed by atoms with Crippen LogP contribution in [-0.4, -0.2) is 53.4 Å². The molecule has 2 atom stereocenters. The van der Waals surface area contributed by atoms with Crippen LogP contribution in [0.25, 0.3) is 11.1 Å². The minimum Gasteiger partial charge on any atom is -0.493 e. The van der Waals surface area contributed by atoms with E-state index in [1.165, 1.54) is 19.3 Å². The lowest BCUT2D eigenvalue weighted by Crippen LogP contribution is -2.37. The number of halogens is 1. The lowest BCUT2D eigenvalue weighted by molar-refractivity contribution is 0.150. The molecule has 1 saturated heterocycles. The van der Waals surface area contributed by atoms with Gasteiger partial charge in [0, 0.05) is 48.2 Å². The van der Waals surface area contributed by atoms with Crippen molar-refractivity contribution in [1.29, 1.82) is 5.26 Å². The number of pyridine rings is 1. The van der Waals surface area contributed by atoms with Gasteiger partial charge in [-0.15, -0.1) is 0 Å². The van der Waals surface area contributed by atoms with E-state index in [1.54, 1.807) is 18.5 Å². The van der Waals surface area contributed by atoms with Crippen LogP contribution in [-0.2, 0) is 19.8 Å². The third-order valence-corrected chi connectivity index (χ3v) is 10.4. The molecule has 1 aliphatic rings. The van der Waals surface area contributed by atoms with E-state index in [9.17, 15) is 10.4 Å². The summed E-state index contributed by atoms with van der Waals surface area (Å²) in [6.45, 7) is 14.6. The van der Waals surface area contributed by atoms with Crippen molar-refractivity contribution < 1.29 is 19.3 Å². The van der Waals surface area contributed by atoms with Crippen LogP contribution in [0.5, 0.6) is 17.2 Å². The summed E-state index contributed by atoms with van der Waals surface area (Å²) >= 11 is 6.91. The van der Waals surface area contributed by atoms with E-state index in [2.05, 4.69) is 80.2 Å². The lowest BCUT2D eigenvalue weighted by Gasteiger charge is -2.33. The Kier molecular flexibility index (Phi) is 14.4. The summed E-state index contributed by atoms with van der Waals surface area (Å²) in [7, 11) is 0. The van der Waals surface area contributed by atoms with Crippen molar-refractivity contribution in [2.24, 2.45) is 5.92 Å². The van der Waals surface area contributed by atoms with Gasteiger partial charge in [0.2, 0.25) is 0 Å². The molecule has 4 aromatic rings. The molecular weight excluding hydrogens is 672 g/mol. The minimum absolute atomic E-state index is 0.0976. The van der Waals surface area contributed by atoms with Gasteiger partial charge in [-0.25, -0.2) is 0 Å². The molecular formula is C43H53ClN4O4. The Bertz CT molecular complexity index is 1820. The summed E-state index contributed by atoms with van der Waals surface area (Å²) in [6, 6.07) is 20.9. The molecule has 2 N–H and O–H groups in total. The second-order valence-electron chi connectivity index (χ2n) is 14.2. The summed E-state index contributed by atoms with van der Waals surface area (Å²) in [5.41, 5.74) is 7.85. The van der Waals surface area contributed by atoms with Crippen molar-refractivity contribution in [3.05, 3.63) is 105 Å². The Labute approximate surface area is 314 Å². The van der Waals surface area contributed by atoms with Crippen molar-refractivity contribution in [3.8, 4) is 34.4 Å². The first-order chi connectivity index (χ1) is 25.2. The monoisotopic (exact) mass is 724 g/mol. The van der Waals surface area contributed by atoms with Gasteiger partial charge in [0.25, 0.3) is 0 Å². The van der Waals surface area contributed by atoms with Gasteiger partial charge in [0.1, 0.15) is 36.5 Å². The first kappa shape index (κ1) is 39.1. The van der Waals surface area contributed by atoms with Crippen LogP contribution in [0.3, 0.4) is 0 Å². The van der Waals surface area contributed by atoms with E-state index in [-0.39, 0.29) is 19.3 Å². The zero-order chi connectivity index (χ0) is 37.0. The first-order valence-corrected chi connectivity index (χ1v) is 18.9. The van der Waals surface area contributed by atoms with Crippen LogP contribution in [0.2, 0.25) is 5.02 Å². The van der Waals surface area contributed by atoms with Crippen molar-refractivity contribution in [3.63, 3.8) is 0 Å². The number of aromatic nitrogens is 1. The van der Waals surface area contributed by atoms with Crippen molar-refractivity contribution in [2.75, 3.05) is 26.3 Å². The third kappa shape index (κ3) is 10.3. The van der Waals surface area contributed by atoms with Gasteiger partial charge < -0.3 is 24.6 Å². The number of nitriles is 1. The number of hydrogen-bond donors (Lipinski definition) is 2. The molecule has 0 unspecified atom stereocenters. The van der Waals surface area contributed by atoms with Gasteiger partial charge >= 0.3 is 0 Å². The number of hydrogen-bond acceptors (Lipinski definition) is 8. The fraction of sp³-hybridized carbons (Fsp3) is 0.442. The highest BCUT2D eigenvalue weighted by Crippen LogP contribution is 2.37. The van der Waals surface area contributed by atoms with Crippen LogP contribution >= 0.6 is 11.6 Å². The predicted molar refractivity (Wildman–Crippen MR) is 208 cm³/mol. The van der Waals surface area contributed by atoms with Gasteiger partial charge in [-0.05, 0) is 105 Å². The molecule has 276 valence electrons. The molecule has 0 spiro atoms. The first-order valence-electron chi connectivity index (χ1n) is 18.5. The minimum atomic E-state index is 0.0976. The molecule has 8 nitrogen and oxygen atoms in total. The number of nitrogens with zero attached hydrogens (tertiary/aromatic N) is 3. The van der Waals surface area contributed by atoms with Crippen molar-refractivity contribution >= 4 is 11.6 Å². The van der Waals surface area contributed by atoms with E-state index < -0.39 is 0 Å². The van der Waals surface area contributed by atoms with Crippen molar-refractivity contribution in [1.82, 2.24) is 15.2 Å². The molecule has 1 fully saturated rings. The Morgan fingerprint density at radius 2 is 1.71 bits per heavy atom. The summed E-state index contributed by atoms with van der Waals surface area (Å²) in [6.07, 6.45) is 7.72. The van der Waals surface area contributed by atoms with E-state index in [0.29, 0.717) is 47.3 Å². The van der Waals surface area contributed by atoms with Gasteiger partial charge in [-0.1, -0.05) is 62.2 Å². The molecule has 9 heteroatoms. The average Bonchev–Trinajstić information content (AvgIpc) is 3.14. The van der Waals surface area contributed by atoms with E-state index >= 15 is 0 Å². The van der Waals surface area contributed by atoms with Crippen LogP contribution in [0.15, 0.2) is 67.0 Å². The number of ether oxygens (including phenoxy) is 3. The number of aliphatic hydroxyl groups excluding tert-OH is 1. The van der Waals surface area contributed by atoms with Gasteiger partial charge in [0.05, 0.1) is 23.8 Å². The van der Waals surface area contributed by atoms with Gasteiger partial charge in [0.15, 0.2) is 0 Å². The van der Waals surface area contributed by atoms with Gasteiger partial charge in [-0.2, -0.15) is 5.26 Å². The summed E-state index contributed by atoms with van der Waals surface area (Å²) in [5, 5.41) is 22.9. The number of piperidine rings is 1. The highest BCUT2D eigenvalue weighted by atomic mass is 35.5. The number of likely N-dealkylation sites (tertiary alicyclic amines) is 1. The summed E-state index contributed by atoms with van der Waals surface area (Å²) in [5.74, 6) is 2.51. The van der Waals surface area contributed by atoms with Crippen LogP contribution in [0.4, 0.5) is 0 Å². The second-order valence-corrected chi connectivity index (χ2v) is 14.6. The largest absolute Gasteiger partial charge is 0.493 e. The number of aliphatic hydroxyl groups is 1. The maximum absolute atomic E-state index is 9.58. The molecule has 2 heterocycles. The molecule has 0 radical (unpaired) electrons. The van der Waals surface area contributed by atoms with E-state index in [4.69, 9.17) is 25.8 Å². The molecule has 0 saturated carbocycles. The van der Waals surface area contributed by atoms with E-state index in [1.807, 2.05) is 24.3 Å². The number of benzene rings is 3. The fourth-order valence-corrected chi connectivity index (χ4v) is 6.99. The Morgan fingerprint density at radius 3 is 2.46 bits per heavy atom. The Morgan fingerprint density at radius 1 is 0.942 bits per heavy atom.